The highest BCUT2D eigenvalue weighted by Crippen LogP contribution is 2.38. The molecule has 4 N–H and O–H groups in total. The number of amides is 4. The number of halogens is 2. The molecule has 10 nitrogen and oxygen atoms in total. The standard InChI is InChI=1S/C24H38F2N4O6/c1-22(2,3)16(29-21(35)36)20(34)30-12-11-23(4,5)17(30)19(33)28-14(9-10-24(6,25)26)15(31)18(32)27-13-7-8-13/h13-14,16-17,29H,7-12H2,1-6H3,(H,27,32)(H,28,33)(H,35,36)/t14-,16+,17?/m0/s1. The second-order valence-electron chi connectivity index (χ2n) is 11.7. The SMILES string of the molecule is CC(F)(F)CC[C@H](NC(=O)C1N(C(=O)[C@@H](NC(=O)O)C(C)(C)C)CCC1(C)C)C(=O)C(=O)NC1CC1. The summed E-state index contributed by atoms with van der Waals surface area (Å²) in [6, 6.07) is -3.89. The van der Waals surface area contributed by atoms with Crippen LogP contribution in [0.25, 0.3) is 0 Å². The molecule has 1 saturated heterocycles. The molecule has 0 spiro atoms. The van der Waals surface area contributed by atoms with E-state index in [1.165, 1.54) is 4.90 Å². The van der Waals surface area contributed by atoms with E-state index in [4.69, 9.17) is 0 Å². The van der Waals surface area contributed by atoms with Crippen LogP contribution in [0.2, 0.25) is 0 Å². The van der Waals surface area contributed by atoms with Gasteiger partial charge in [0.15, 0.2) is 0 Å². The molecular formula is C24H38F2N4O6. The van der Waals surface area contributed by atoms with E-state index in [0.29, 0.717) is 13.3 Å². The average Bonchev–Trinajstić information content (AvgIpc) is 3.47. The highest BCUT2D eigenvalue weighted by Gasteiger charge is 2.50. The minimum atomic E-state index is -3.12. The van der Waals surface area contributed by atoms with Crippen molar-refractivity contribution in [2.75, 3.05) is 6.54 Å². The topological polar surface area (TPSA) is 145 Å². The lowest BCUT2D eigenvalue weighted by molar-refractivity contribution is -0.145. The molecule has 1 aliphatic carbocycles. The van der Waals surface area contributed by atoms with Gasteiger partial charge in [0.2, 0.25) is 23.5 Å². The zero-order valence-corrected chi connectivity index (χ0v) is 21.7. The molecule has 2 rings (SSSR count). The van der Waals surface area contributed by atoms with Gasteiger partial charge in [-0.15, -0.1) is 0 Å². The van der Waals surface area contributed by atoms with Gasteiger partial charge in [0.1, 0.15) is 12.1 Å². The Labute approximate surface area is 209 Å². The third-order valence-corrected chi connectivity index (χ3v) is 6.60. The number of nitrogens with zero attached hydrogens (tertiary/aromatic N) is 1. The third-order valence-electron chi connectivity index (χ3n) is 6.60. The first kappa shape index (κ1) is 29.4. The number of Topliss-reactive ketones (excluding diaryl/α,β-unsaturated/α-hetero) is 1. The maximum absolute atomic E-state index is 13.6. The van der Waals surface area contributed by atoms with Gasteiger partial charge in [-0.25, -0.2) is 13.6 Å². The number of carbonyl (C=O) groups excluding carboxylic acids is 4. The van der Waals surface area contributed by atoms with Crippen LogP contribution in [0.4, 0.5) is 13.6 Å². The van der Waals surface area contributed by atoms with Crippen molar-refractivity contribution in [1.29, 1.82) is 0 Å². The van der Waals surface area contributed by atoms with Gasteiger partial charge in [-0.2, -0.15) is 0 Å². The van der Waals surface area contributed by atoms with Crippen molar-refractivity contribution in [3.63, 3.8) is 0 Å². The van der Waals surface area contributed by atoms with E-state index in [0.717, 1.165) is 12.8 Å². The van der Waals surface area contributed by atoms with E-state index in [2.05, 4.69) is 16.0 Å². The number of nitrogens with one attached hydrogen (secondary N) is 3. The van der Waals surface area contributed by atoms with Gasteiger partial charge in [0, 0.05) is 19.0 Å². The lowest BCUT2D eigenvalue weighted by atomic mass is 9.82. The lowest BCUT2D eigenvalue weighted by Crippen LogP contribution is -2.60. The summed E-state index contributed by atoms with van der Waals surface area (Å²) in [4.78, 5) is 64.6. The predicted octanol–water partition coefficient (Wildman–Crippen LogP) is 2.06. The first-order chi connectivity index (χ1) is 16.3. The monoisotopic (exact) mass is 516 g/mol. The molecule has 2 fully saturated rings. The lowest BCUT2D eigenvalue weighted by Gasteiger charge is -2.37. The van der Waals surface area contributed by atoms with Crippen molar-refractivity contribution < 1.29 is 37.9 Å². The predicted molar refractivity (Wildman–Crippen MR) is 126 cm³/mol. The number of rotatable bonds is 10. The molecule has 4 amide bonds. The van der Waals surface area contributed by atoms with Crippen LogP contribution in [0.3, 0.4) is 0 Å². The maximum Gasteiger partial charge on any atom is 0.405 e. The van der Waals surface area contributed by atoms with E-state index < -0.39 is 77.3 Å². The molecule has 1 saturated carbocycles. The molecule has 1 unspecified atom stereocenters. The van der Waals surface area contributed by atoms with Gasteiger partial charge in [-0.3, -0.25) is 19.2 Å². The summed E-state index contributed by atoms with van der Waals surface area (Å²) in [5, 5.41) is 16.4. The highest BCUT2D eigenvalue weighted by atomic mass is 19.3. The molecule has 1 aliphatic heterocycles. The van der Waals surface area contributed by atoms with Crippen LogP contribution < -0.4 is 16.0 Å². The fourth-order valence-corrected chi connectivity index (χ4v) is 4.33. The Hall–Kier alpha value is -2.79. The Bertz CT molecular complexity index is 892. The Morgan fingerprint density at radius 3 is 2.11 bits per heavy atom. The Morgan fingerprint density at radius 2 is 1.64 bits per heavy atom. The largest absolute Gasteiger partial charge is 0.465 e. The fraction of sp³-hybridized carbons (Fsp3) is 0.792. The zero-order chi connectivity index (χ0) is 27.6. The summed E-state index contributed by atoms with van der Waals surface area (Å²) in [6.45, 7) is 9.38. The molecule has 1 heterocycles. The molecular weight excluding hydrogens is 478 g/mol. The van der Waals surface area contributed by atoms with Crippen LogP contribution in [0.1, 0.15) is 73.6 Å². The Morgan fingerprint density at radius 1 is 1.06 bits per heavy atom. The number of likely N-dealkylation sites (tertiary alicyclic amines) is 1. The molecule has 12 heteroatoms. The van der Waals surface area contributed by atoms with Crippen LogP contribution in [0, 0.1) is 10.8 Å². The quantitative estimate of drug-likeness (QED) is 0.327. The highest BCUT2D eigenvalue weighted by molar-refractivity contribution is 6.38. The summed E-state index contributed by atoms with van der Waals surface area (Å²) in [6.07, 6.45) is -0.736. The van der Waals surface area contributed by atoms with Crippen LogP contribution in [0.15, 0.2) is 0 Å². The minimum Gasteiger partial charge on any atom is -0.465 e. The van der Waals surface area contributed by atoms with Crippen molar-refractivity contribution >= 4 is 29.6 Å². The number of alkyl halides is 2. The first-order valence-electron chi connectivity index (χ1n) is 12.2. The fourth-order valence-electron chi connectivity index (χ4n) is 4.33. The Balaban J connectivity index is 2.29. The van der Waals surface area contributed by atoms with Gasteiger partial charge in [-0.05, 0) is 43.4 Å². The summed E-state index contributed by atoms with van der Waals surface area (Å²) < 4.78 is 27.1. The van der Waals surface area contributed by atoms with Crippen LogP contribution in [-0.4, -0.2) is 76.2 Å². The summed E-state index contributed by atoms with van der Waals surface area (Å²) in [7, 11) is 0. The van der Waals surface area contributed by atoms with Gasteiger partial charge in [-0.1, -0.05) is 34.6 Å². The van der Waals surface area contributed by atoms with Gasteiger partial charge < -0.3 is 26.0 Å². The first-order valence-corrected chi connectivity index (χ1v) is 12.2. The number of ketones is 1. The van der Waals surface area contributed by atoms with Crippen LogP contribution in [0.5, 0.6) is 0 Å². The number of carbonyl (C=O) groups is 5. The van der Waals surface area contributed by atoms with Crippen molar-refractivity contribution in [2.24, 2.45) is 10.8 Å². The maximum atomic E-state index is 13.6. The average molecular weight is 517 g/mol. The molecule has 36 heavy (non-hydrogen) atoms. The molecule has 0 aromatic carbocycles. The van der Waals surface area contributed by atoms with Gasteiger partial charge >= 0.3 is 6.09 Å². The van der Waals surface area contributed by atoms with E-state index in [1.807, 2.05) is 0 Å². The van der Waals surface area contributed by atoms with Crippen molar-refractivity contribution in [3.8, 4) is 0 Å². The van der Waals surface area contributed by atoms with Gasteiger partial charge in [0.05, 0.1) is 6.04 Å². The number of hydrogen-bond donors (Lipinski definition) is 4. The second-order valence-corrected chi connectivity index (χ2v) is 11.7. The summed E-state index contributed by atoms with van der Waals surface area (Å²) >= 11 is 0. The molecule has 0 aromatic heterocycles. The zero-order valence-electron chi connectivity index (χ0n) is 21.7. The Kier molecular flexibility index (Phi) is 8.73. The van der Waals surface area contributed by atoms with E-state index in [9.17, 15) is 37.9 Å². The molecule has 0 radical (unpaired) electrons. The van der Waals surface area contributed by atoms with Crippen molar-refractivity contribution in [2.45, 2.75) is 104 Å². The number of carboxylic acid groups (broad SMARTS) is 1. The molecule has 0 aromatic rings. The van der Waals surface area contributed by atoms with E-state index >= 15 is 0 Å². The number of hydrogen-bond acceptors (Lipinski definition) is 5. The molecule has 0 bridgehead atoms. The summed E-state index contributed by atoms with van der Waals surface area (Å²) in [5.41, 5.74) is -1.57. The third kappa shape index (κ3) is 7.86. The van der Waals surface area contributed by atoms with Crippen LogP contribution >= 0.6 is 0 Å². The van der Waals surface area contributed by atoms with E-state index in [-0.39, 0.29) is 12.6 Å². The van der Waals surface area contributed by atoms with Crippen molar-refractivity contribution in [1.82, 2.24) is 20.9 Å². The van der Waals surface area contributed by atoms with E-state index in [1.54, 1.807) is 34.6 Å². The summed E-state index contributed by atoms with van der Waals surface area (Å²) in [5.74, 6) is -6.45. The molecule has 3 atom stereocenters. The smallest absolute Gasteiger partial charge is 0.405 e. The van der Waals surface area contributed by atoms with Gasteiger partial charge in [0.25, 0.3) is 5.91 Å². The van der Waals surface area contributed by atoms with Crippen LogP contribution in [-0.2, 0) is 19.2 Å². The minimum absolute atomic E-state index is 0.136. The molecule has 2 aliphatic rings. The normalized spacial score (nSPS) is 21.3. The van der Waals surface area contributed by atoms with Crippen molar-refractivity contribution in [3.05, 3.63) is 0 Å². The molecule has 204 valence electrons. The second kappa shape index (κ2) is 10.7.